The number of ether oxygens (including phenoxy) is 1. The quantitative estimate of drug-likeness (QED) is 0.469. The molecule has 1 aliphatic heterocycles. The minimum atomic E-state index is -4.71. The van der Waals surface area contributed by atoms with Crippen LogP contribution in [0, 0.1) is 0 Å². The first-order chi connectivity index (χ1) is 16.6. The molecule has 2 N–H and O–H groups in total. The highest BCUT2D eigenvalue weighted by atomic mass is 19.4. The number of benzene rings is 2. The van der Waals surface area contributed by atoms with E-state index in [2.05, 4.69) is 44.2 Å². The second-order valence-corrected chi connectivity index (χ2v) is 8.89. The molecule has 0 aliphatic carbocycles. The first kappa shape index (κ1) is 24.3. The highest BCUT2D eigenvalue weighted by Crippen LogP contribution is 2.32. The summed E-state index contributed by atoms with van der Waals surface area (Å²) in [5, 5.41) is 0. The van der Waals surface area contributed by atoms with Crippen LogP contribution in [0.4, 0.5) is 24.7 Å². The van der Waals surface area contributed by atoms with Gasteiger partial charge in [-0.15, -0.1) is 13.2 Å². The Morgan fingerprint density at radius 3 is 2.49 bits per heavy atom. The number of anilines is 2. The lowest BCUT2D eigenvalue weighted by Crippen LogP contribution is -2.39. The molecule has 1 aromatic heterocycles. The van der Waals surface area contributed by atoms with E-state index in [0.717, 1.165) is 11.3 Å². The van der Waals surface area contributed by atoms with Crippen molar-refractivity contribution in [1.29, 1.82) is 0 Å². The van der Waals surface area contributed by atoms with Gasteiger partial charge in [-0.3, -0.25) is 20.5 Å². The number of hydrazine groups is 1. The Balaban J connectivity index is 1.38. The van der Waals surface area contributed by atoms with Gasteiger partial charge in [0.1, 0.15) is 11.6 Å². The van der Waals surface area contributed by atoms with Gasteiger partial charge in [-0.05, 0) is 67.9 Å². The molecule has 35 heavy (non-hydrogen) atoms. The number of alkyl halides is 3. The van der Waals surface area contributed by atoms with E-state index in [1.54, 1.807) is 42.6 Å². The molecule has 0 bridgehead atoms. The third-order valence-electron chi connectivity index (χ3n) is 5.75. The largest absolute Gasteiger partial charge is 0.573 e. The van der Waals surface area contributed by atoms with Crippen LogP contribution in [-0.2, 0) is 6.54 Å². The molecule has 1 aliphatic rings. The van der Waals surface area contributed by atoms with Crippen LogP contribution in [0.15, 0.2) is 72.9 Å². The molecule has 0 saturated carbocycles. The molecule has 1 amide bonds. The van der Waals surface area contributed by atoms with Crippen molar-refractivity contribution in [3.05, 3.63) is 84.1 Å². The molecule has 0 spiro atoms. The van der Waals surface area contributed by atoms with Crippen molar-refractivity contribution < 1.29 is 22.7 Å². The summed E-state index contributed by atoms with van der Waals surface area (Å²) in [5.74, 6) is 0.00870. The molecule has 0 unspecified atom stereocenters. The lowest BCUT2D eigenvalue weighted by Gasteiger charge is -2.29. The van der Waals surface area contributed by atoms with Gasteiger partial charge in [0.2, 0.25) is 0 Å². The second kappa shape index (κ2) is 9.83. The van der Waals surface area contributed by atoms with Crippen molar-refractivity contribution in [1.82, 2.24) is 15.3 Å². The highest BCUT2D eigenvalue weighted by molar-refractivity contribution is 5.94. The summed E-state index contributed by atoms with van der Waals surface area (Å²) < 4.78 is 41.2. The molecule has 4 rings (SSSR count). The molecule has 0 atom stereocenters. The Kier molecular flexibility index (Phi) is 6.83. The van der Waals surface area contributed by atoms with Gasteiger partial charge in [-0.1, -0.05) is 18.2 Å². The van der Waals surface area contributed by atoms with Gasteiger partial charge in [0.05, 0.1) is 6.67 Å². The molecular weight excluding hydrogens is 459 g/mol. The van der Waals surface area contributed by atoms with Crippen molar-refractivity contribution >= 4 is 17.4 Å². The fourth-order valence-electron chi connectivity index (χ4n) is 3.95. The maximum absolute atomic E-state index is 12.4. The topological polar surface area (TPSA) is 69.7 Å². The highest BCUT2D eigenvalue weighted by Gasteiger charge is 2.37. The predicted molar refractivity (Wildman–Crippen MR) is 127 cm³/mol. The third kappa shape index (κ3) is 6.42. The van der Waals surface area contributed by atoms with Gasteiger partial charge < -0.3 is 9.64 Å². The van der Waals surface area contributed by atoms with Crippen LogP contribution < -0.4 is 20.5 Å². The zero-order valence-electron chi connectivity index (χ0n) is 19.3. The van der Waals surface area contributed by atoms with Crippen LogP contribution in [0.25, 0.3) is 0 Å². The lowest BCUT2D eigenvalue weighted by atomic mass is 10.0. The minimum absolute atomic E-state index is 0.181. The number of hydrogen-bond donors (Lipinski definition) is 2. The zero-order valence-corrected chi connectivity index (χ0v) is 19.3. The van der Waals surface area contributed by atoms with E-state index >= 15 is 0 Å². The first-order valence-corrected chi connectivity index (χ1v) is 11.0. The molecular formula is C25H26F3N5O2. The van der Waals surface area contributed by atoms with E-state index < -0.39 is 6.36 Å². The van der Waals surface area contributed by atoms with Gasteiger partial charge in [-0.25, -0.2) is 4.98 Å². The van der Waals surface area contributed by atoms with Crippen molar-refractivity contribution in [2.45, 2.75) is 32.3 Å². The van der Waals surface area contributed by atoms with Gasteiger partial charge >= 0.3 is 6.36 Å². The number of nitrogens with zero attached hydrogens (tertiary/aromatic N) is 3. The summed E-state index contributed by atoms with van der Waals surface area (Å²) in [5.41, 5.74) is 7.67. The molecule has 2 heterocycles. The van der Waals surface area contributed by atoms with Crippen LogP contribution in [-0.4, -0.2) is 40.9 Å². The average Bonchev–Trinajstić information content (AvgIpc) is 3.11. The van der Waals surface area contributed by atoms with E-state index in [-0.39, 0.29) is 17.2 Å². The summed E-state index contributed by atoms with van der Waals surface area (Å²) in [6.07, 6.45) is -3.04. The number of amides is 1. The standard InChI is InChI=1S/C25H26F3N5O2/c1-24(2)16-32(20-8-10-21(11-9-20)35-25(26,27)28)17-33(24)15-18-12-13-29-22(14-18)30-31-23(34)19-6-4-3-5-7-19/h3-14H,15-17H2,1-2H3,(H,29,30)(H,31,34). The monoisotopic (exact) mass is 485 g/mol. The second-order valence-electron chi connectivity index (χ2n) is 8.89. The summed E-state index contributed by atoms with van der Waals surface area (Å²) in [4.78, 5) is 20.9. The number of rotatable bonds is 7. The Morgan fingerprint density at radius 1 is 1.09 bits per heavy atom. The van der Waals surface area contributed by atoms with E-state index in [9.17, 15) is 18.0 Å². The van der Waals surface area contributed by atoms with Gasteiger partial charge in [0.25, 0.3) is 5.91 Å². The third-order valence-corrected chi connectivity index (χ3v) is 5.75. The van der Waals surface area contributed by atoms with Gasteiger partial charge in [0.15, 0.2) is 0 Å². The molecule has 0 radical (unpaired) electrons. The molecule has 7 nitrogen and oxygen atoms in total. The number of hydrogen-bond acceptors (Lipinski definition) is 6. The fourth-order valence-corrected chi connectivity index (χ4v) is 3.95. The predicted octanol–water partition coefficient (Wildman–Crippen LogP) is 4.80. The van der Waals surface area contributed by atoms with Gasteiger partial charge in [-0.2, -0.15) is 0 Å². The summed E-state index contributed by atoms with van der Waals surface area (Å²) in [6.45, 7) is 6.17. The zero-order chi connectivity index (χ0) is 25.1. The van der Waals surface area contributed by atoms with Gasteiger partial charge in [0, 0.05) is 36.1 Å². The van der Waals surface area contributed by atoms with Crippen LogP contribution in [0.5, 0.6) is 5.75 Å². The Hall–Kier alpha value is -3.79. The number of pyridine rings is 1. The molecule has 1 saturated heterocycles. The van der Waals surface area contributed by atoms with Crippen molar-refractivity contribution in [2.24, 2.45) is 0 Å². The molecule has 3 aromatic rings. The number of halogens is 3. The Labute approximate surface area is 201 Å². The minimum Gasteiger partial charge on any atom is -0.406 e. The first-order valence-electron chi connectivity index (χ1n) is 11.0. The summed E-state index contributed by atoms with van der Waals surface area (Å²) in [7, 11) is 0. The molecule has 1 fully saturated rings. The lowest BCUT2D eigenvalue weighted by molar-refractivity contribution is -0.274. The van der Waals surface area contributed by atoms with E-state index in [0.29, 0.717) is 31.1 Å². The smallest absolute Gasteiger partial charge is 0.406 e. The summed E-state index contributed by atoms with van der Waals surface area (Å²) >= 11 is 0. The van der Waals surface area contributed by atoms with E-state index in [1.807, 2.05) is 18.2 Å². The van der Waals surface area contributed by atoms with Crippen molar-refractivity contribution in [3.63, 3.8) is 0 Å². The normalized spacial score (nSPS) is 15.6. The van der Waals surface area contributed by atoms with Crippen LogP contribution >= 0.6 is 0 Å². The Bertz CT molecular complexity index is 1150. The van der Waals surface area contributed by atoms with E-state index in [4.69, 9.17) is 0 Å². The summed E-state index contributed by atoms with van der Waals surface area (Å²) in [6, 6.07) is 18.5. The van der Waals surface area contributed by atoms with Crippen LogP contribution in [0.3, 0.4) is 0 Å². The van der Waals surface area contributed by atoms with Crippen LogP contribution in [0.1, 0.15) is 29.8 Å². The maximum atomic E-state index is 12.4. The van der Waals surface area contributed by atoms with Crippen molar-refractivity contribution in [3.8, 4) is 5.75 Å². The van der Waals surface area contributed by atoms with Crippen molar-refractivity contribution in [2.75, 3.05) is 23.5 Å². The Morgan fingerprint density at radius 2 is 1.80 bits per heavy atom. The van der Waals surface area contributed by atoms with Crippen LogP contribution in [0.2, 0.25) is 0 Å². The van der Waals surface area contributed by atoms with E-state index in [1.165, 1.54) is 12.1 Å². The number of aromatic nitrogens is 1. The SMILES string of the molecule is CC1(C)CN(c2ccc(OC(F)(F)F)cc2)CN1Cc1ccnc(NNC(=O)c2ccccc2)c1. The average molecular weight is 486 g/mol. The fraction of sp³-hybridized carbons (Fsp3) is 0.280. The number of nitrogens with one attached hydrogen (secondary N) is 2. The molecule has 184 valence electrons. The molecule has 10 heteroatoms. The molecule has 2 aromatic carbocycles. The number of carbonyl (C=O) groups excluding carboxylic acids is 1. The number of carbonyl (C=O) groups is 1. The maximum Gasteiger partial charge on any atom is 0.573 e.